The summed E-state index contributed by atoms with van der Waals surface area (Å²) < 4.78 is 0. The lowest BCUT2D eigenvalue weighted by atomic mass is 10.4. The first-order valence-corrected chi connectivity index (χ1v) is 3.68. The third kappa shape index (κ3) is 2.44. The zero-order chi connectivity index (χ0) is 8.27. The van der Waals surface area contributed by atoms with E-state index in [0.717, 1.165) is 12.2 Å². The Balaban J connectivity index is 2.78. The van der Waals surface area contributed by atoms with Crippen molar-refractivity contribution >= 4 is 11.6 Å². The Bertz CT molecular complexity index is 237. The molecule has 1 aromatic rings. The van der Waals surface area contributed by atoms with Gasteiger partial charge in [0.2, 0.25) is 0 Å². The van der Waals surface area contributed by atoms with Crippen molar-refractivity contribution in [2.24, 2.45) is 0 Å². The quantitative estimate of drug-likeness (QED) is 0.670. The Morgan fingerprint density at radius 3 is 2.55 bits per heavy atom. The standard InChI is InChI=1S/C7H10ClN3/c1-11(2)5-6-7(8)10-4-3-9-6/h3-4H,5H2,1-2H3. The number of nitrogens with zero attached hydrogens (tertiary/aromatic N) is 3. The minimum Gasteiger partial charge on any atom is -0.303 e. The number of rotatable bonds is 2. The zero-order valence-electron chi connectivity index (χ0n) is 6.58. The second-order valence-electron chi connectivity index (χ2n) is 2.53. The molecule has 0 N–H and O–H groups in total. The van der Waals surface area contributed by atoms with Crippen LogP contribution in [0.25, 0.3) is 0 Å². The fraction of sp³-hybridized carbons (Fsp3) is 0.429. The van der Waals surface area contributed by atoms with Crippen molar-refractivity contribution in [1.82, 2.24) is 14.9 Å². The van der Waals surface area contributed by atoms with Gasteiger partial charge >= 0.3 is 0 Å². The summed E-state index contributed by atoms with van der Waals surface area (Å²) in [4.78, 5) is 9.99. The summed E-state index contributed by atoms with van der Waals surface area (Å²) in [5, 5.41) is 0.487. The summed E-state index contributed by atoms with van der Waals surface area (Å²) >= 11 is 5.77. The maximum atomic E-state index is 5.77. The van der Waals surface area contributed by atoms with E-state index < -0.39 is 0 Å². The highest BCUT2D eigenvalue weighted by Crippen LogP contribution is 2.09. The highest BCUT2D eigenvalue weighted by Gasteiger charge is 2.01. The Morgan fingerprint density at radius 1 is 1.36 bits per heavy atom. The third-order valence-electron chi connectivity index (χ3n) is 1.19. The smallest absolute Gasteiger partial charge is 0.151 e. The summed E-state index contributed by atoms with van der Waals surface area (Å²) in [6.45, 7) is 0.729. The van der Waals surface area contributed by atoms with Gasteiger partial charge in [-0.2, -0.15) is 0 Å². The molecule has 1 rings (SSSR count). The van der Waals surface area contributed by atoms with Gasteiger partial charge < -0.3 is 4.90 Å². The lowest BCUT2D eigenvalue weighted by molar-refractivity contribution is 0.396. The summed E-state index contributed by atoms with van der Waals surface area (Å²) in [6.07, 6.45) is 3.23. The van der Waals surface area contributed by atoms with Crippen molar-refractivity contribution in [3.8, 4) is 0 Å². The molecule has 0 spiro atoms. The molecular formula is C7H10ClN3. The SMILES string of the molecule is CN(C)Cc1nccnc1Cl. The summed E-state index contributed by atoms with van der Waals surface area (Å²) in [7, 11) is 3.93. The highest BCUT2D eigenvalue weighted by molar-refractivity contribution is 6.29. The molecule has 1 aromatic heterocycles. The van der Waals surface area contributed by atoms with Gasteiger partial charge in [0.25, 0.3) is 0 Å². The second-order valence-corrected chi connectivity index (χ2v) is 2.89. The number of hydrogen-bond acceptors (Lipinski definition) is 3. The molecule has 60 valence electrons. The van der Waals surface area contributed by atoms with Crippen LogP contribution in [0.4, 0.5) is 0 Å². The molecule has 0 saturated carbocycles. The minimum absolute atomic E-state index is 0.487. The largest absolute Gasteiger partial charge is 0.303 e. The van der Waals surface area contributed by atoms with Crippen molar-refractivity contribution in [3.05, 3.63) is 23.2 Å². The molecule has 0 aliphatic rings. The maximum Gasteiger partial charge on any atom is 0.151 e. The molecule has 11 heavy (non-hydrogen) atoms. The van der Waals surface area contributed by atoms with Gasteiger partial charge in [-0.1, -0.05) is 11.6 Å². The van der Waals surface area contributed by atoms with Gasteiger partial charge in [0.15, 0.2) is 5.15 Å². The number of aromatic nitrogens is 2. The normalized spacial score (nSPS) is 10.5. The van der Waals surface area contributed by atoms with Crippen LogP contribution < -0.4 is 0 Å². The van der Waals surface area contributed by atoms with E-state index >= 15 is 0 Å². The molecule has 0 unspecified atom stereocenters. The van der Waals surface area contributed by atoms with Gasteiger partial charge in [0.05, 0.1) is 5.69 Å². The number of hydrogen-bond donors (Lipinski definition) is 0. The van der Waals surface area contributed by atoms with E-state index in [9.17, 15) is 0 Å². The minimum atomic E-state index is 0.487. The van der Waals surface area contributed by atoms with E-state index in [-0.39, 0.29) is 0 Å². The van der Waals surface area contributed by atoms with Gasteiger partial charge in [0, 0.05) is 18.9 Å². The Labute approximate surface area is 71.0 Å². The van der Waals surface area contributed by atoms with Crippen molar-refractivity contribution in [2.45, 2.75) is 6.54 Å². The average Bonchev–Trinajstić information content (AvgIpc) is 1.93. The van der Waals surface area contributed by atoms with E-state index in [1.807, 2.05) is 19.0 Å². The van der Waals surface area contributed by atoms with Gasteiger partial charge in [-0.05, 0) is 14.1 Å². The maximum absolute atomic E-state index is 5.77. The van der Waals surface area contributed by atoms with Crippen LogP contribution in [0.5, 0.6) is 0 Å². The van der Waals surface area contributed by atoms with Gasteiger partial charge in [0.1, 0.15) is 0 Å². The Hall–Kier alpha value is -0.670. The molecule has 0 saturated heterocycles. The van der Waals surface area contributed by atoms with E-state index in [4.69, 9.17) is 11.6 Å². The molecule has 3 nitrogen and oxygen atoms in total. The van der Waals surface area contributed by atoms with E-state index in [2.05, 4.69) is 9.97 Å². The molecule has 1 heterocycles. The Morgan fingerprint density at radius 2 is 2.00 bits per heavy atom. The topological polar surface area (TPSA) is 29.0 Å². The van der Waals surface area contributed by atoms with Crippen molar-refractivity contribution in [2.75, 3.05) is 14.1 Å². The van der Waals surface area contributed by atoms with Gasteiger partial charge in [-0.15, -0.1) is 0 Å². The molecule has 0 radical (unpaired) electrons. The first-order valence-electron chi connectivity index (χ1n) is 3.30. The monoisotopic (exact) mass is 171 g/mol. The molecule has 0 fully saturated rings. The second kappa shape index (κ2) is 3.64. The highest BCUT2D eigenvalue weighted by atomic mass is 35.5. The van der Waals surface area contributed by atoms with E-state index in [0.29, 0.717) is 5.15 Å². The van der Waals surface area contributed by atoms with Crippen LogP contribution in [0, 0.1) is 0 Å². The van der Waals surface area contributed by atoms with Crippen LogP contribution in [0.3, 0.4) is 0 Å². The van der Waals surface area contributed by atoms with Gasteiger partial charge in [-0.25, -0.2) is 4.98 Å². The fourth-order valence-corrected chi connectivity index (χ4v) is 0.920. The first kappa shape index (κ1) is 8.43. The van der Waals surface area contributed by atoms with Crippen LogP contribution in [0.2, 0.25) is 5.15 Å². The molecular weight excluding hydrogens is 162 g/mol. The summed E-state index contributed by atoms with van der Waals surface area (Å²) in [5.74, 6) is 0. The molecule has 0 aromatic carbocycles. The predicted molar refractivity (Wildman–Crippen MR) is 44.4 cm³/mol. The molecule has 0 aliphatic carbocycles. The van der Waals surface area contributed by atoms with Crippen LogP contribution >= 0.6 is 11.6 Å². The lowest BCUT2D eigenvalue weighted by Gasteiger charge is -2.08. The van der Waals surface area contributed by atoms with Crippen molar-refractivity contribution in [1.29, 1.82) is 0 Å². The van der Waals surface area contributed by atoms with Crippen LogP contribution in [0.1, 0.15) is 5.69 Å². The summed E-state index contributed by atoms with van der Waals surface area (Å²) in [6, 6.07) is 0. The van der Waals surface area contributed by atoms with E-state index in [1.165, 1.54) is 0 Å². The Kier molecular flexibility index (Phi) is 2.79. The van der Waals surface area contributed by atoms with Crippen LogP contribution in [-0.2, 0) is 6.54 Å². The summed E-state index contributed by atoms with van der Waals surface area (Å²) in [5.41, 5.74) is 0.819. The van der Waals surface area contributed by atoms with Crippen LogP contribution in [-0.4, -0.2) is 29.0 Å². The lowest BCUT2D eigenvalue weighted by Crippen LogP contribution is -2.12. The molecule has 0 bridgehead atoms. The van der Waals surface area contributed by atoms with Gasteiger partial charge in [-0.3, -0.25) is 4.98 Å². The first-order chi connectivity index (χ1) is 5.20. The fourth-order valence-electron chi connectivity index (χ4n) is 0.755. The van der Waals surface area contributed by atoms with Crippen molar-refractivity contribution in [3.63, 3.8) is 0 Å². The molecule has 0 aliphatic heterocycles. The third-order valence-corrected chi connectivity index (χ3v) is 1.50. The molecule has 0 atom stereocenters. The van der Waals surface area contributed by atoms with E-state index in [1.54, 1.807) is 12.4 Å². The number of halogens is 1. The van der Waals surface area contributed by atoms with Crippen molar-refractivity contribution < 1.29 is 0 Å². The average molecular weight is 172 g/mol. The molecule has 0 amide bonds. The van der Waals surface area contributed by atoms with Crippen LogP contribution in [0.15, 0.2) is 12.4 Å². The zero-order valence-corrected chi connectivity index (χ0v) is 7.34. The predicted octanol–water partition coefficient (Wildman–Crippen LogP) is 1.19. The molecule has 4 heteroatoms.